The summed E-state index contributed by atoms with van der Waals surface area (Å²) in [5, 5.41) is 2.18. The number of aromatic nitrogens is 3. The molecule has 186 valence electrons. The number of benzene rings is 3. The molecular formula is C30H26Cl2N4O. The largest absolute Gasteiger partial charge is 0.398 e. The zero-order valence-corrected chi connectivity index (χ0v) is 21.9. The Bertz CT molecular complexity index is 1720. The molecule has 0 aliphatic heterocycles. The fourth-order valence-electron chi connectivity index (χ4n) is 5.16. The molecule has 2 aromatic heterocycles. The minimum absolute atomic E-state index is 0.0248. The van der Waals surface area contributed by atoms with Crippen LogP contribution in [0, 0.1) is 5.92 Å². The Labute approximate surface area is 225 Å². The Kier molecular flexibility index (Phi) is 6.06. The predicted octanol–water partition coefficient (Wildman–Crippen LogP) is 6.96. The number of imidazole rings is 1. The number of fused-ring (bicyclic) bond motifs is 1. The van der Waals surface area contributed by atoms with Crippen molar-refractivity contribution in [2.75, 3.05) is 5.73 Å². The van der Waals surface area contributed by atoms with Crippen LogP contribution < -0.4 is 11.3 Å². The lowest BCUT2D eigenvalue weighted by atomic mass is 9.88. The molecule has 5 nitrogen and oxygen atoms in total. The first-order chi connectivity index (χ1) is 17.9. The van der Waals surface area contributed by atoms with Gasteiger partial charge in [0.1, 0.15) is 0 Å². The monoisotopic (exact) mass is 528 g/mol. The molecule has 0 unspecified atom stereocenters. The summed E-state index contributed by atoms with van der Waals surface area (Å²) in [4.78, 5) is 18.6. The highest BCUT2D eigenvalue weighted by atomic mass is 35.5. The quantitative estimate of drug-likeness (QED) is 0.242. The van der Waals surface area contributed by atoms with Gasteiger partial charge in [0.2, 0.25) is 0 Å². The fourth-order valence-corrected chi connectivity index (χ4v) is 5.53. The van der Waals surface area contributed by atoms with E-state index in [2.05, 4.69) is 11.1 Å². The maximum absolute atomic E-state index is 14.3. The molecule has 1 aliphatic rings. The van der Waals surface area contributed by atoms with Crippen LogP contribution in [0.3, 0.4) is 0 Å². The molecule has 2 N–H and O–H groups in total. The molecule has 0 atom stereocenters. The second kappa shape index (κ2) is 9.40. The van der Waals surface area contributed by atoms with Crippen LogP contribution in [0.1, 0.15) is 24.1 Å². The van der Waals surface area contributed by atoms with E-state index in [0.29, 0.717) is 34.6 Å². The number of nitrogens with zero attached hydrogens (tertiary/aromatic N) is 3. The van der Waals surface area contributed by atoms with Gasteiger partial charge < -0.3 is 14.9 Å². The van der Waals surface area contributed by atoms with Gasteiger partial charge in [-0.3, -0.25) is 4.79 Å². The van der Waals surface area contributed by atoms with Gasteiger partial charge in [-0.15, -0.1) is 0 Å². The van der Waals surface area contributed by atoms with Crippen molar-refractivity contribution in [1.29, 1.82) is 0 Å². The molecule has 1 fully saturated rings. The summed E-state index contributed by atoms with van der Waals surface area (Å²) in [6, 6.07) is 19.4. The summed E-state index contributed by atoms with van der Waals surface area (Å²) in [6.07, 6.45) is 6.32. The van der Waals surface area contributed by atoms with Crippen molar-refractivity contribution in [1.82, 2.24) is 14.1 Å². The Hall–Kier alpha value is -3.54. The van der Waals surface area contributed by atoms with Gasteiger partial charge in [0.25, 0.3) is 5.56 Å². The van der Waals surface area contributed by atoms with Crippen LogP contribution >= 0.6 is 23.2 Å². The highest BCUT2D eigenvalue weighted by molar-refractivity contribution is 6.31. The lowest BCUT2D eigenvalue weighted by molar-refractivity contribution is 0.622. The van der Waals surface area contributed by atoms with Crippen molar-refractivity contribution in [3.05, 3.63) is 105 Å². The number of hydrogen-bond donors (Lipinski definition) is 1. The van der Waals surface area contributed by atoms with Gasteiger partial charge in [0.05, 0.1) is 11.8 Å². The average molecular weight is 529 g/mol. The molecule has 3 aromatic carbocycles. The molecule has 0 bridgehead atoms. The van der Waals surface area contributed by atoms with Gasteiger partial charge in [-0.1, -0.05) is 53.5 Å². The van der Waals surface area contributed by atoms with Crippen LogP contribution in [-0.4, -0.2) is 14.1 Å². The van der Waals surface area contributed by atoms with Crippen molar-refractivity contribution in [2.24, 2.45) is 13.0 Å². The van der Waals surface area contributed by atoms with Gasteiger partial charge in [0, 0.05) is 69.7 Å². The first kappa shape index (κ1) is 23.8. The van der Waals surface area contributed by atoms with Crippen molar-refractivity contribution in [3.63, 3.8) is 0 Å². The predicted molar refractivity (Wildman–Crippen MR) is 152 cm³/mol. The lowest BCUT2D eigenvalue weighted by Gasteiger charge is -2.21. The van der Waals surface area contributed by atoms with E-state index in [1.807, 2.05) is 70.9 Å². The number of aryl methyl sites for hydroxylation is 1. The van der Waals surface area contributed by atoms with E-state index >= 15 is 0 Å². The summed E-state index contributed by atoms with van der Waals surface area (Å²) < 4.78 is 3.92. The van der Waals surface area contributed by atoms with Gasteiger partial charge in [0.15, 0.2) is 0 Å². The molecule has 1 saturated carbocycles. The number of anilines is 1. The van der Waals surface area contributed by atoms with Gasteiger partial charge >= 0.3 is 0 Å². The second-order valence-corrected chi connectivity index (χ2v) is 10.7. The third kappa shape index (κ3) is 4.43. The Balaban J connectivity index is 1.76. The summed E-state index contributed by atoms with van der Waals surface area (Å²) in [5.41, 5.74) is 13.3. The number of nitrogens with two attached hydrogens (primary N) is 1. The molecule has 1 aliphatic carbocycles. The maximum atomic E-state index is 14.3. The number of halogens is 2. The zero-order valence-electron chi connectivity index (χ0n) is 20.4. The SMILES string of the molecule is Cn1cncc1Cc1c(-c2cccc(Cl)c2)c2c(-c3ccc(Cl)cc3N)cccc2n(CC2CC2)c1=O. The van der Waals surface area contributed by atoms with Gasteiger partial charge in [-0.2, -0.15) is 0 Å². The van der Waals surface area contributed by atoms with E-state index in [1.165, 1.54) is 0 Å². The summed E-state index contributed by atoms with van der Waals surface area (Å²) in [5.74, 6) is 0.520. The minimum Gasteiger partial charge on any atom is -0.398 e. The van der Waals surface area contributed by atoms with Crippen molar-refractivity contribution >= 4 is 39.8 Å². The van der Waals surface area contributed by atoms with Gasteiger partial charge in [-0.05, 0) is 60.2 Å². The highest BCUT2D eigenvalue weighted by Gasteiger charge is 2.27. The molecule has 6 rings (SSSR count). The second-order valence-electron chi connectivity index (χ2n) is 9.83. The van der Waals surface area contributed by atoms with E-state index in [1.54, 1.807) is 12.4 Å². The van der Waals surface area contributed by atoms with Crippen LogP contribution in [0.25, 0.3) is 33.2 Å². The van der Waals surface area contributed by atoms with E-state index in [4.69, 9.17) is 28.9 Å². The standard InChI is InChI=1S/C30H26Cl2N4O/c1-35-17-34-15-22(35)14-25-28(19-4-2-5-20(31)12-19)29-24(23-11-10-21(32)13-26(23)33)6-3-7-27(29)36(30(25)37)16-18-8-9-18/h2-7,10-13,15,17-18H,8-9,14,16,33H2,1H3. The van der Waals surface area contributed by atoms with Crippen LogP contribution in [0.15, 0.2) is 78.0 Å². The van der Waals surface area contributed by atoms with Crippen LogP contribution in [0.4, 0.5) is 5.69 Å². The summed E-state index contributed by atoms with van der Waals surface area (Å²) in [6.45, 7) is 0.698. The van der Waals surface area contributed by atoms with E-state index < -0.39 is 0 Å². The molecule has 5 aromatic rings. The van der Waals surface area contributed by atoms with E-state index in [0.717, 1.165) is 57.3 Å². The first-order valence-corrected chi connectivity index (χ1v) is 13.1. The Morgan fingerprint density at radius 1 is 1.00 bits per heavy atom. The van der Waals surface area contributed by atoms with Crippen molar-refractivity contribution in [3.8, 4) is 22.3 Å². The highest BCUT2D eigenvalue weighted by Crippen LogP contribution is 2.42. The van der Waals surface area contributed by atoms with Crippen LogP contribution in [0.5, 0.6) is 0 Å². The number of nitrogen functional groups attached to an aromatic ring is 1. The third-order valence-corrected chi connectivity index (χ3v) is 7.69. The lowest BCUT2D eigenvalue weighted by Crippen LogP contribution is -2.27. The van der Waals surface area contributed by atoms with E-state index in [-0.39, 0.29) is 5.56 Å². The molecule has 7 heteroatoms. The molecule has 0 saturated heterocycles. The zero-order chi connectivity index (χ0) is 25.7. The minimum atomic E-state index is 0.0248. The fraction of sp³-hybridized carbons (Fsp3) is 0.200. The smallest absolute Gasteiger partial charge is 0.255 e. The maximum Gasteiger partial charge on any atom is 0.255 e. The Morgan fingerprint density at radius 2 is 1.78 bits per heavy atom. The first-order valence-electron chi connectivity index (χ1n) is 12.4. The molecular weight excluding hydrogens is 503 g/mol. The molecule has 0 amide bonds. The van der Waals surface area contributed by atoms with Crippen molar-refractivity contribution < 1.29 is 0 Å². The summed E-state index contributed by atoms with van der Waals surface area (Å²) in [7, 11) is 1.95. The van der Waals surface area contributed by atoms with Crippen LogP contribution in [0.2, 0.25) is 10.0 Å². The van der Waals surface area contributed by atoms with Crippen LogP contribution in [-0.2, 0) is 20.0 Å². The molecule has 2 heterocycles. The van der Waals surface area contributed by atoms with Crippen molar-refractivity contribution in [2.45, 2.75) is 25.8 Å². The number of hydrogen-bond acceptors (Lipinski definition) is 3. The third-order valence-electron chi connectivity index (χ3n) is 7.22. The number of rotatable bonds is 6. The average Bonchev–Trinajstić information content (AvgIpc) is 3.61. The number of pyridine rings is 1. The normalized spacial score (nSPS) is 13.4. The van der Waals surface area contributed by atoms with Gasteiger partial charge in [-0.25, -0.2) is 4.98 Å². The summed E-state index contributed by atoms with van der Waals surface area (Å²) >= 11 is 12.7. The molecule has 0 spiro atoms. The van der Waals surface area contributed by atoms with E-state index in [9.17, 15) is 4.79 Å². The Morgan fingerprint density at radius 3 is 2.49 bits per heavy atom. The topological polar surface area (TPSA) is 65.8 Å². The molecule has 0 radical (unpaired) electrons. The molecule has 37 heavy (non-hydrogen) atoms.